The zero-order chi connectivity index (χ0) is 20.6. The van der Waals surface area contributed by atoms with Crippen molar-refractivity contribution in [3.63, 3.8) is 0 Å². The molecule has 0 saturated heterocycles. The van der Waals surface area contributed by atoms with Gasteiger partial charge in [-0.3, -0.25) is 14.6 Å². The predicted molar refractivity (Wildman–Crippen MR) is 109 cm³/mol. The van der Waals surface area contributed by atoms with Crippen LogP contribution in [-0.2, 0) is 4.79 Å². The van der Waals surface area contributed by atoms with Crippen molar-refractivity contribution in [2.75, 3.05) is 6.54 Å². The maximum absolute atomic E-state index is 12.4. The van der Waals surface area contributed by atoms with Crippen LogP contribution < -0.4 is 10.6 Å². The van der Waals surface area contributed by atoms with Crippen molar-refractivity contribution in [2.24, 2.45) is 5.92 Å². The number of pyridine rings is 1. The summed E-state index contributed by atoms with van der Waals surface area (Å²) in [5.41, 5.74) is 0.797. The van der Waals surface area contributed by atoms with E-state index in [2.05, 4.69) is 25.8 Å². The number of nitrogens with one attached hydrogen (secondary N) is 2. The highest BCUT2D eigenvalue weighted by molar-refractivity contribution is 7.12. The first-order valence-electron chi connectivity index (χ1n) is 9.39. The zero-order valence-corrected chi connectivity index (χ0v) is 17.1. The van der Waals surface area contributed by atoms with Crippen LogP contribution >= 0.6 is 11.3 Å². The first-order chi connectivity index (χ1) is 14.0. The Hall–Kier alpha value is -3.07. The molecule has 3 aromatic heterocycles. The van der Waals surface area contributed by atoms with Crippen LogP contribution in [0.5, 0.6) is 0 Å². The van der Waals surface area contributed by atoms with Gasteiger partial charge in [-0.1, -0.05) is 25.1 Å². The molecule has 0 bridgehead atoms. The van der Waals surface area contributed by atoms with Gasteiger partial charge in [0.2, 0.25) is 17.6 Å². The van der Waals surface area contributed by atoms with Gasteiger partial charge in [0, 0.05) is 30.9 Å². The van der Waals surface area contributed by atoms with Gasteiger partial charge in [-0.05, 0) is 35.9 Å². The van der Waals surface area contributed by atoms with Crippen molar-refractivity contribution in [3.05, 3.63) is 52.8 Å². The third-order valence-corrected chi connectivity index (χ3v) is 5.11. The highest BCUT2D eigenvalue weighted by atomic mass is 32.1. The van der Waals surface area contributed by atoms with Gasteiger partial charge in [0.15, 0.2) is 0 Å². The molecule has 0 fully saturated rings. The van der Waals surface area contributed by atoms with Gasteiger partial charge >= 0.3 is 0 Å². The standard InChI is InChI=1S/C20H23N5O3S/c1-13(2)17(20-24-18(25-28-20)14-7-10-21-11-8-14)23-16(26)6-3-9-22-19(27)15-5-4-12-29-15/h4-5,7-8,10-13,17H,3,6,9H2,1-2H3,(H,22,27)(H,23,26). The van der Waals surface area contributed by atoms with Gasteiger partial charge in [0.05, 0.1) is 4.88 Å². The van der Waals surface area contributed by atoms with Crippen LogP contribution in [-0.4, -0.2) is 33.5 Å². The Labute approximate surface area is 172 Å². The number of carbonyl (C=O) groups excluding carboxylic acids is 2. The smallest absolute Gasteiger partial charge is 0.261 e. The molecule has 0 aliphatic rings. The molecular formula is C20H23N5O3S. The molecule has 3 aromatic rings. The van der Waals surface area contributed by atoms with E-state index in [1.165, 1.54) is 11.3 Å². The first-order valence-corrected chi connectivity index (χ1v) is 10.3. The van der Waals surface area contributed by atoms with E-state index >= 15 is 0 Å². The van der Waals surface area contributed by atoms with Crippen LogP contribution in [0.3, 0.4) is 0 Å². The largest absolute Gasteiger partial charge is 0.351 e. The second kappa shape index (κ2) is 9.92. The number of carbonyl (C=O) groups is 2. The average molecular weight is 414 g/mol. The highest BCUT2D eigenvalue weighted by Crippen LogP contribution is 2.23. The van der Waals surface area contributed by atoms with E-state index in [1.807, 2.05) is 25.3 Å². The minimum absolute atomic E-state index is 0.0724. The molecule has 2 amide bonds. The number of hydrogen-bond acceptors (Lipinski definition) is 7. The van der Waals surface area contributed by atoms with E-state index in [0.717, 1.165) is 5.56 Å². The summed E-state index contributed by atoms with van der Waals surface area (Å²) in [6.45, 7) is 4.38. The summed E-state index contributed by atoms with van der Waals surface area (Å²) in [7, 11) is 0. The zero-order valence-electron chi connectivity index (χ0n) is 16.3. The van der Waals surface area contributed by atoms with Crippen LogP contribution in [0.25, 0.3) is 11.4 Å². The van der Waals surface area contributed by atoms with Gasteiger partial charge < -0.3 is 15.2 Å². The van der Waals surface area contributed by atoms with Gasteiger partial charge in [-0.25, -0.2) is 0 Å². The molecule has 0 spiro atoms. The molecule has 3 rings (SSSR count). The van der Waals surface area contributed by atoms with Crippen molar-refractivity contribution in [1.82, 2.24) is 25.8 Å². The lowest BCUT2D eigenvalue weighted by Crippen LogP contribution is -2.32. The molecule has 0 radical (unpaired) electrons. The Balaban J connectivity index is 1.50. The maximum atomic E-state index is 12.4. The summed E-state index contributed by atoms with van der Waals surface area (Å²) >= 11 is 1.39. The SMILES string of the molecule is CC(C)C(NC(=O)CCCNC(=O)c1cccs1)c1nc(-c2ccncc2)no1. The Bertz CT molecular complexity index is 925. The van der Waals surface area contributed by atoms with Gasteiger partial charge in [0.1, 0.15) is 6.04 Å². The molecule has 2 N–H and O–H groups in total. The summed E-state index contributed by atoms with van der Waals surface area (Å²) in [6.07, 6.45) is 4.15. The van der Waals surface area contributed by atoms with Crippen LogP contribution in [0, 0.1) is 5.92 Å². The molecule has 29 heavy (non-hydrogen) atoms. The van der Waals surface area contributed by atoms with Crippen LogP contribution in [0.1, 0.15) is 48.3 Å². The monoisotopic (exact) mass is 413 g/mol. The van der Waals surface area contributed by atoms with Crippen molar-refractivity contribution >= 4 is 23.2 Å². The van der Waals surface area contributed by atoms with E-state index in [4.69, 9.17) is 4.52 Å². The summed E-state index contributed by atoms with van der Waals surface area (Å²) in [4.78, 5) is 33.3. The molecule has 0 saturated carbocycles. The fraction of sp³-hybridized carbons (Fsp3) is 0.350. The molecule has 3 heterocycles. The molecule has 0 aliphatic carbocycles. The van der Waals surface area contributed by atoms with E-state index in [-0.39, 0.29) is 23.8 Å². The van der Waals surface area contributed by atoms with E-state index in [1.54, 1.807) is 30.6 Å². The summed E-state index contributed by atoms with van der Waals surface area (Å²) in [6, 6.07) is 6.80. The molecule has 0 aliphatic heterocycles. The summed E-state index contributed by atoms with van der Waals surface area (Å²) < 4.78 is 5.39. The molecule has 9 heteroatoms. The molecule has 1 unspecified atom stereocenters. The minimum Gasteiger partial charge on any atom is -0.351 e. The first kappa shape index (κ1) is 20.7. The van der Waals surface area contributed by atoms with Gasteiger partial charge in [0.25, 0.3) is 5.91 Å². The molecule has 8 nitrogen and oxygen atoms in total. The van der Waals surface area contributed by atoms with E-state index in [9.17, 15) is 9.59 Å². The van der Waals surface area contributed by atoms with Crippen molar-refractivity contribution < 1.29 is 14.1 Å². The second-order valence-electron chi connectivity index (χ2n) is 6.82. The van der Waals surface area contributed by atoms with Crippen LogP contribution in [0.2, 0.25) is 0 Å². The van der Waals surface area contributed by atoms with Gasteiger partial charge in [-0.15, -0.1) is 11.3 Å². The average Bonchev–Trinajstić information content (AvgIpc) is 3.42. The van der Waals surface area contributed by atoms with E-state index < -0.39 is 0 Å². The number of hydrogen-bond donors (Lipinski definition) is 2. The van der Waals surface area contributed by atoms with Crippen molar-refractivity contribution in [1.29, 1.82) is 0 Å². The number of aromatic nitrogens is 3. The lowest BCUT2D eigenvalue weighted by Gasteiger charge is -2.18. The van der Waals surface area contributed by atoms with Gasteiger partial charge in [-0.2, -0.15) is 4.98 Å². The topological polar surface area (TPSA) is 110 Å². The highest BCUT2D eigenvalue weighted by Gasteiger charge is 2.24. The number of nitrogens with zero attached hydrogens (tertiary/aromatic N) is 3. The van der Waals surface area contributed by atoms with Crippen molar-refractivity contribution in [2.45, 2.75) is 32.7 Å². The lowest BCUT2D eigenvalue weighted by atomic mass is 10.0. The fourth-order valence-corrected chi connectivity index (χ4v) is 3.32. The number of amides is 2. The Morgan fingerprint density at radius 1 is 1.21 bits per heavy atom. The third kappa shape index (κ3) is 5.71. The summed E-state index contributed by atoms with van der Waals surface area (Å²) in [5.74, 6) is 0.653. The Kier molecular flexibility index (Phi) is 7.07. The van der Waals surface area contributed by atoms with Crippen molar-refractivity contribution in [3.8, 4) is 11.4 Å². The number of thiophene rings is 1. The normalized spacial score (nSPS) is 12.0. The fourth-order valence-electron chi connectivity index (χ4n) is 2.68. The Morgan fingerprint density at radius 3 is 2.69 bits per heavy atom. The van der Waals surface area contributed by atoms with Crippen LogP contribution in [0.15, 0.2) is 46.6 Å². The third-order valence-electron chi connectivity index (χ3n) is 4.24. The molecular weight excluding hydrogens is 390 g/mol. The predicted octanol–water partition coefficient (Wildman–Crippen LogP) is 3.22. The molecule has 1 atom stereocenters. The maximum Gasteiger partial charge on any atom is 0.261 e. The lowest BCUT2D eigenvalue weighted by molar-refractivity contribution is -0.122. The quantitative estimate of drug-likeness (QED) is 0.521. The van der Waals surface area contributed by atoms with Crippen LogP contribution in [0.4, 0.5) is 0 Å². The second-order valence-corrected chi connectivity index (χ2v) is 7.77. The summed E-state index contributed by atoms with van der Waals surface area (Å²) in [5, 5.41) is 11.6. The molecule has 0 aromatic carbocycles. The minimum atomic E-state index is -0.383. The number of rotatable bonds is 9. The van der Waals surface area contributed by atoms with E-state index in [0.29, 0.717) is 36.0 Å². The molecule has 152 valence electrons. The Morgan fingerprint density at radius 2 is 2.00 bits per heavy atom.